The SMILES string of the molecule is CC1(C)Cc2nc(-c3ccccc3)nc(SCC(=O)NCc3ccccc3)c2CO1. The fraction of sp³-hybridized carbons (Fsp3) is 0.292. The minimum atomic E-state index is -0.260. The number of nitrogens with zero attached hydrogens (tertiary/aromatic N) is 2. The van der Waals surface area contributed by atoms with Crippen LogP contribution in [0.2, 0.25) is 0 Å². The maximum absolute atomic E-state index is 12.4. The highest BCUT2D eigenvalue weighted by atomic mass is 32.2. The summed E-state index contributed by atoms with van der Waals surface area (Å²) in [5, 5.41) is 3.80. The van der Waals surface area contributed by atoms with Gasteiger partial charge in [-0.15, -0.1) is 0 Å². The lowest BCUT2D eigenvalue weighted by Gasteiger charge is -2.32. The lowest BCUT2D eigenvalue weighted by atomic mass is 9.96. The standard InChI is InChI=1S/C24H25N3O2S/c1-24(2)13-20-19(15-29-24)23(27-22(26-20)18-11-7-4-8-12-18)30-16-21(28)25-14-17-9-5-3-6-10-17/h3-12H,13-16H2,1-2H3,(H,25,28). The van der Waals surface area contributed by atoms with Crippen LogP contribution < -0.4 is 5.32 Å². The van der Waals surface area contributed by atoms with E-state index in [-0.39, 0.29) is 11.5 Å². The molecule has 3 aromatic rings. The van der Waals surface area contributed by atoms with Crippen molar-refractivity contribution in [2.75, 3.05) is 5.75 Å². The van der Waals surface area contributed by atoms with Crippen LogP contribution in [0.5, 0.6) is 0 Å². The van der Waals surface area contributed by atoms with Gasteiger partial charge in [-0.05, 0) is 19.4 Å². The van der Waals surface area contributed by atoms with E-state index in [0.717, 1.165) is 33.8 Å². The molecule has 0 atom stereocenters. The third kappa shape index (κ3) is 5.07. The zero-order valence-electron chi connectivity index (χ0n) is 17.2. The summed E-state index contributed by atoms with van der Waals surface area (Å²) in [6.07, 6.45) is 0.721. The van der Waals surface area contributed by atoms with Crippen molar-refractivity contribution in [3.8, 4) is 11.4 Å². The Kier molecular flexibility index (Phi) is 6.16. The van der Waals surface area contributed by atoms with Crippen LogP contribution in [0.3, 0.4) is 0 Å². The second kappa shape index (κ2) is 8.98. The minimum Gasteiger partial charge on any atom is -0.370 e. The van der Waals surface area contributed by atoms with Crippen LogP contribution in [0, 0.1) is 0 Å². The molecule has 1 aromatic heterocycles. The van der Waals surface area contributed by atoms with Crippen molar-refractivity contribution in [2.45, 2.75) is 44.0 Å². The highest BCUT2D eigenvalue weighted by Gasteiger charge is 2.30. The molecule has 0 saturated heterocycles. The lowest BCUT2D eigenvalue weighted by Crippen LogP contribution is -2.33. The Hall–Kier alpha value is -2.70. The summed E-state index contributed by atoms with van der Waals surface area (Å²) < 4.78 is 6.00. The molecule has 1 aliphatic rings. The van der Waals surface area contributed by atoms with Crippen molar-refractivity contribution >= 4 is 17.7 Å². The number of fused-ring (bicyclic) bond motifs is 1. The molecule has 1 amide bonds. The highest BCUT2D eigenvalue weighted by Crippen LogP contribution is 2.33. The van der Waals surface area contributed by atoms with E-state index in [0.29, 0.717) is 24.7 Å². The van der Waals surface area contributed by atoms with Gasteiger partial charge in [-0.2, -0.15) is 0 Å². The molecule has 2 heterocycles. The monoisotopic (exact) mass is 419 g/mol. The smallest absolute Gasteiger partial charge is 0.230 e. The second-order valence-corrected chi connectivity index (χ2v) is 8.88. The number of amides is 1. The fourth-order valence-corrected chi connectivity index (χ4v) is 4.21. The molecular formula is C24H25N3O2S. The summed E-state index contributed by atoms with van der Waals surface area (Å²) in [4.78, 5) is 22.0. The van der Waals surface area contributed by atoms with Crippen LogP contribution in [0.1, 0.15) is 30.7 Å². The van der Waals surface area contributed by atoms with Gasteiger partial charge < -0.3 is 10.1 Å². The first-order valence-electron chi connectivity index (χ1n) is 10.0. The van der Waals surface area contributed by atoms with Gasteiger partial charge in [0.1, 0.15) is 5.03 Å². The molecule has 0 unspecified atom stereocenters. The Morgan fingerprint density at radius 1 is 1.07 bits per heavy atom. The molecule has 6 heteroatoms. The molecule has 5 nitrogen and oxygen atoms in total. The summed E-state index contributed by atoms with van der Waals surface area (Å²) in [5.41, 5.74) is 3.80. The maximum atomic E-state index is 12.4. The molecule has 0 spiro atoms. The number of carbonyl (C=O) groups excluding carboxylic acids is 1. The molecule has 0 aliphatic carbocycles. The molecule has 2 aromatic carbocycles. The topological polar surface area (TPSA) is 64.1 Å². The lowest BCUT2D eigenvalue weighted by molar-refractivity contribution is -0.118. The van der Waals surface area contributed by atoms with E-state index in [1.807, 2.05) is 60.7 Å². The third-order valence-corrected chi connectivity index (χ3v) is 5.98. The van der Waals surface area contributed by atoms with Gasteiger partial charge in [0.2, 0.25) is 5.91 Å². The number of aromatic nitrogens is 2. The van der Waals surface area contributed by atoms with Crippen LogP contribution in [-0.4, -0.2) is 27.2 Å². The Balaban J connectivity index is 1.52. The molecule has 0 fully saturated rings. The van der Waals surface area contributed by atoms with Crippen molar-refractivity contribution in [3.63, 3.8) is 0 Å². The van der Waals surface area contributed by atoms with E-state index in [9.17, 15) is 4.79 Å². The Morgan fingerprint density at radius 3 is 2.50 bits per heavy atom. The fourth-order valence-electron chi connectivity index (χ4n) is 3.34. The third-order valence-electron chi connectivity index (χ3n) is 4.96. The van der Waals surface area contributed by atoms with Gasteiger partial charge in [0.05, 0.1) is 23.7 Å². The highest BCUT2D eigenvalue weighted by molar-refractivity contribution is 7.99. The van der Waals surface area contributed by atoms with Crippen molar-refractivity contribution < 1.29 is 9.53 Å². The Bertz CT molecular complexity index is 1020. The van der Waals surface area contributed by atoms with Crippen LogP contribution in [0.4, 0.5) is 0 Å². The predicted molar refractivity (Wildman–Crippen MR) is 119 cm³/mol. The summed E-state index contributed by atoms with van der Waals surface area (Å²) in [5.74, 6) is 0.974. The van der Waals surface area contributed by atoms with Gasteiger partial charge in [0.25, 0.3) is 0 Å². The summed E-state index contributed by atoms with van der Waals surface area (Å²) in [6.45, 7) is 5.13. The Labute approximate surface area is 181 Å². The summed E-state index contributed by atoms with van der Waals surface area (Å²) >= 11 is 1.44. The van der Waals surface area contributed by atoms with Crippen LogP contribution in [0.15, 0.2) is 65.7 Å². The molecule has 154 valence electrons. The van der Waals surface area contributed by atoms with E-state index in [1.165, 1.54) is 11.8 Å². The largest absolute Gasteiger partial charge is 0.370 e. The molecular weight excluding hydrogens is 394 g/mol. The van der Waals surface area contributed by atoms with Gasteiger partial charge in [0, 0.05) is 24.1 Å². The number of rotatable bonds is 6. The average molecular weight is 420 g/mol. The molecule has 1 N–H and O–H groups in total. The molecule has 0 radical (unpaired) electrons. The number of thioether (sulfide) groups is 1. The maximum Gasteiger partial charge on any atom is 0.230 e. The van der Waals surface area contributed by atoms with Gasteiger partial charge in [-0.1, -0.05) is 72.4 Å². The van der Waals surface area contributed by atoms with Crippen molar-refractivity contribution in [2.24, 2.45) is 0 Å². The molecule has 0 bridgehead atoms. The second-order valence-electron chi connectivity index (χ2n) is 7.92. The van der Waals surface area contributed by atoms with E-state index >= 15 is 0 Å². The van der Waals surface area contributed by atoms with E-state index in [4.69, 9.17) is 14.7 Å². The van der Waals surface area contributed by atoms with Crippen LogP contribution in [-0.2, 0) is 29.1 Å². The number of carbonyl (C=O) groups is 1. The summed E-state index contributed by atoms with van der Waals surface area (Å²) in [6, 6.07) is 19.9. The van der Waals surface area contributed by atoms with E-state index in [2.05, 4.69) is 19.2 Å². The van der Waals surface area contributed by atoms with E-state index < -0.39 is 0 Å². The number of benzene rings is 2. The van der Waals surface area contributed by atoms with Crippen LogP contribution >= 0.6 is 11.8 Å². The van der Waals surface area contributed by atoms with Crippen molar-refractivity contribution in [3.05, 3.63) is 77.5 Å². The molecule has 4 rings (SSSR count). The van der Waals surface area contributed by atoms with Gasteiger partial charge in [-0.3, -0.25) is 4.79 Å². The van der Waals surface area contributed by atoms with Crippen molar-refractivity contribution in [1.29, 1.82) is 0 Å². The normalized spacial score (nSPS) is 14.7. The first-order chi connectivity index (χ1) is 14.5. The minimum absolute atomic E-state index is 0.0189. The molecule has 1 aliphatic heterocycles. The quantitative estimate of drug-likeness (QED) is 0.474. The van der Waals surface area contributed by atoms with Gasteiger partial charge in [0.15, 0.2) is 5.82 Å². The van der Waals surface area contributed by atoms with Gasteiger partial charge in [-0.25, -0.2) is 9.97 Å². The average Bonchev–Trinajstić information content (AvgIpc) is 2.76. The van der Waals surface area contributed by atoms with Gasteiger partial charge >= 0.3 is 0 Å². The predicted octanol–water partition coefficient (Wildman–Crippen LogP) is 4.40. The molecule has 0 saturated carbocycles. The number of hydrogen-bond acceptors (Lipinski definition) is 5. The van der Waals surface area contributed by atoms with Crippen molar-refractivity contribution in [1.82, 2.24) is 15.3 Å². The summed E-state index contributed by atoms with van der Waals surface area (Å²) in [7, 11) is 0. The zero-order valence-corrected chi connectivity index (χ0v) is 18.0. The number of ether oxygens (including phenoxy) is 1. The van der Waals surface area contributed by atoms with E-state index in [1.54, 1.807) is 0 Å². The first-order valence-corrected chi connectivity index (χ1v) is 11.0. The first kappa shape index (κ1) is 20.6. The zero-order chi connectivity index (χ0) is 21.0. The van der Waals surface area contributed by atoms with Crippen LogP contribution in [0.25, 0.3) is 11.4 Å². The number of hydrogen-bond donors (Lipinski definition) is 1. The Morgan fingerprint density at radius 2 is 1.77 bits per heavy atom. The number of nitrogens with one attached hydrogen (secondary N) is 1. The molecule has 30 heavy (non-hydrogen) atoms.